The summed E-state index contributed by atoms with van der Waals surface area (Å²) in [6, 6.07) is 0.273. The predicted molar refractivity (Wildman–Crippen MR) is 79.0 cm³/mol. The maximum absolute atomic E-state index is 12.3. The molecular formula is C14H22N2O3S. The molecule has 1 N–H and O–H groups in total. The lowest BCUT2D eigenvalue weighted by molar-refractivity contribution is -0.132. The van der Waals surface area contributed by atoms with Gasteiger partial charge in [0, 0.05) is 43.2 Å². The average molecular weight is 298 g/mol. The number of carbonyl (C=O) groups excluding carboxylic acids is 1. The molecule has 0 radical (unpaired) electrons. The molecule has 1 unspecified atom stereocenters. The van der Waals surface area contributed by atoms with Gasteiger partial charge >= 0.3 is 4.87 Å². The lowest BCUT2D eigenvalue weighted by Gasteiger charge is -2.24. The van der Waals surface area contributed by atoms with Gasteiger partial charge in [0.1, 0.15) is 0 Å². The molecule has 1 aromatic heterocycles. The van der Waals surface area contributed by atoms with Crippen LogP contribution in [0.1, 0.15) is 37.8 Å². The van der Waals surface area contributed by atoms with Gasteiger partial charge in [-0.3, -0.25) is 9.59 Å². The fourth-order valence-electron chi connectivity index (χ4n) is 2.82. The van der Waals surface area contributed by atoms with E-state index in [2.05, 4.69) is 0 Å². The topological polar surface area (TPSA) is 62.5 Å². The van der Waals surface area contributed by atoms with Gasteiger partial charge in [-0.1, -0.05) is 11.3 Å². The van der Waals surface area contributed by atoms with E-state index < -0.39 is 0 Å². The number of rotatable bonds is 6. The number of aryl methyl sites for hydroxylation is 1. The zero-order valence-electron chi connectivity index (χ0n) is 11.9. The molecule has 1 aliphatic heterocycles. The summed E-state index contributed by atoms with van der Waals surface area (Å²) in [5.41, 5.74) is 0.922. The first kappa shape index (κ1) is 15.3. The minimum Gasteiger partial charge on any atom is -0.396 e. The summed E-state index contributed by atoms with van der Waals surface area (Å²) in [5, 5.41) is 10.7. The molecule has 5 nitrogen and oxygen atoms in total. The van der Waals surface area contributed by atoms with Gasteiger partial charge < -0.3 is 14.6 Å². The molecule has 6 heteroatoms. The number of aromatic nitrogens is 1. The maximum atomic E-state index is 12.3. The highest BCUT2D eigenvalue weighted by Gasteiger charge is 2.27. The molecule has 112 valence electrons. The van der Waals surface area contributed by atoms with Crippen LogP contribution in [-0.4, -0.2) is 39.7 Å². The minimum atomic E-state index is 0.00792. The zero-order valence-corrected chi connectivity index (χ0v) is 12.7. The number of hydrogen-bond acceptors (Lipinski definition) is 4. The van der Waals surface area contributed by atoms with E-state index in [4.69, 9.17) is 5.11 Å². The van der Waals surface area contributed by atoms with Crippen LogP contribution in [0.15, 0.2) is 10.2 Å². The van der Waals surface area contributed by atoms with Crippen LogP contribution in [0.5, 0.6) is 0 Å². The highest BCUT2D eigenvalue weighted by atomic mass is 32.1. The van der Waals surface area contributed by atoms with E-state index in [9.17, 15) is 9.59 Å². The number of aliphatic hydroxyl groups is 1. The van der Waals surface area contributed by atoms with Gasteiger partial charge in [-0.2, -0.15) is 0 Å². The molecular weight excluding hydrogens is 276 g/mol. The SMILES string of the molecule is Cc1csc(=O)n1CCC(=O)N1CCCC1CCCO. The fourth-order valence-corrected chi connectivity index (χ4v) is 3.58. The maximum Gasteiger partial charge on any atom is 0.307 e. The Kier molecular flexibility index (Phi) is 5.37. The van der Waals surface area contributed by atoms with Crippen LogP contribution >= 0.6 is 11.3 Å². The summed E-state index contributed by atoms with van der Waals surface area (Å²) < 4.78 is 1.67. The van der Waals surface area contributed by atoms with E-state index in [0.29, 0.717) is 13.0 Å². The summed E-state index contributed by atoms with van der Waals surface area (Å²) in [7, 11) is 0. The molecule has 0 aliphatic carbocycles. The first-order valence-electron chi connectivity index (χ1n) is 7.18. The largest absolute Gasteiger partial charge is 0.396 e. The van der Waals surface area contributed by atoms with E-state index >= 15 is 0 Å². The van der Waals surface area contributed by atoms with Crippen molar-refractivity contribution in [1.29, 1.82) is 0 Å². The van der Waals surface area contributed by atoms with Crippen LogP contribution in [0.3, 0.4) is 0 Å². The first-order valence-corrected chi connectivity index (χ1v) is 8.06. The summed E-state index contributed by atoms with van der Waals surface area (Å²) in [6.45, 7) is 3.35. The van der Waals surface area contributed by atoms with Crippen molar-refractivity contribution in [2.45, 2.75) is 51.6 Å². The normalized spacial score (nSPS) is 18.7. The zero-order chi connectivity index (χ0) is 14.5. The first-order chi connectivity index (χ1) is 9.63. The van der Waals surface area contributed by atoms with Gasteiger partial charge in [0.05, 0.1) is 0 Å². The van der Waals surface area contributed by atoms with Gasteiger partial charge in [0.15, 0.2) is 0 Å². The Bertz CT molecular complexity index is 509. The van der Waals surface area contributed by atoms with Crippen molar-refractivity contribution in [3.05, 3.63) is 20.7 Å². The Morgan fingerprint density at radius 3 is 3.00 bits per heavy atom. The summed E-state index contributed by atoms with van der Waals surface area (Å²) >= 11 is 1.18. The Balaban J connectivity index is 1.89. The second kappa shape index (κ2) is 7.04. The summed E-state index contributed by atoms with van der Waals surface area (Å²) in [4.78, 5) is 25.8. The molecule has 0 bridgehead atoms. The van der Waals surface area contributed by atoms with Crippen molar-refractivity contribution >= 4 is 17.2 Å². The molecule has 1 fully saturated rings. The second-order valence-corrected chi connectivity index (χ2v) is 6.11. The third-order valence-corrected chi connectivity index (χ3v) is 4.80. The summed E-state index contributed by atoms with van der Waals surface area (Å²) in [5.74, 6) is 0.128. The molecule has 2 rings (SSSR count). The molecule has 20 heavy (non-hydrogen) atoms. The number of aliphatic hydroxyl groups excluding tert-OH is 1. The summed E-state index contributed by atoms with van der Waals surface area (Å²) in [6.07, 6.45) is 4.08. The third-order valence-electron chi connectivity index (χ3n) is 3.92. The highest BCUT2D eigenvalue weighted by Crippen LogP contribution is 2.22. The van der Waals surface area contributed by atoms with Crippen molar-refractivity contribution in [3.63, 3.8) is 0 Å². The number of thiazole rings is 1. The predicted octanol–water partition coefficient (Wildman–Crippen LogP) is 1.37. The number of nitrogens with zero attached hydrogens (tertiary/aromatic N) is 2. The Morgan fingerprint density at radius 1 is 1.55 bits per heavy atom. The quantitative estimate of drug-likeness (QED) is 0.863. The minimum absolute atomic E-state index is 0.00792. The number of likely N-dealkylation sites (tertiary alicyclic amines) is 1. The van der Waals surface area contributed by atoms with Crippen LogP contribution < -0.4 is 4.87 Å². The Hall–Kier alpha value is -1.14. The van der Waals surface area contributed by atoms with Gasteiger partial charge in [-0.05, 0) is 32.6 Å². The van der Waals surface area contributed by atoms with E-state index in [-0.39, 0.29) is 23.4 Å². The van der Waals surface area contributed by atoms with Gasteiger partial charge in [-0.15, -0.1) is 0 Å². The lowest BCUT2D eigenvalue weighted by Crippen LogP contribution is -2.36. The molecule has 2 heterocycles. The highest BCUT2D eigenvalue weighted by molar-refractivity contribution is 7.07. The van der Waals surface area contributed by atoms with Crippen molar-refractivity contribution in [2.75, 3.05) is 13.2 Å². The van der Waals surface area contributed by atoms with Crippen molar-refractivity contribution in [2.24, 2.45) is 0 Å². The van der Waals surface area contributed by atoms with Crippen molar-refractivity contribution in [3.8, 4) is 0 Å². The number of carbonyl (C=O) groups is 1. The lowest BCUT2D eigenvalue weighted by atomic mass is 10.1. The van der Waals surface area contributed by atoms with E-state index in [1.54, 1.807) is 4.57 Å². The Labute approximate surface area is 122 Å². The van der Waals surface area contributed by atoms with Gasteiger partial charge in [0.2, 0.25) is 5.91 Å². The molecule has 0 saturated carbocycles. The van der Waals surface area contributed by atoms with Crippen LogP contribution in [0, 0.1) is 6.92 Å². The average Bonchev–Trinajstić information content (AvgIpc) is 3.02. The van der Waals surface area contributed by atoms with E-state index in [0.717, 1.165) is 37.9 Å². The van der Waals surface area contributed by atoms with E-state index in [1.807, 2.05) is 17.2 Å². The van der Waals surface area contributed by atoms with Crippen LogP contribution in [0.2, 0.25) is 0 Å². The van der Waals surface area contributed by atoms with Gasteiger partial charge in [0.25, 0.3) is 0 Å². The third kappa shape index (κ3) is 3.49. The molecule has 1 amide bonds. The van der Waals surface area contributed by atoms with Crippen molar-refractivity contribution in [1.82, 2.24) is 9.47 Å². The van der Waals surface area contributed by atoms with Gasteiger partial charge in [-0.25, -0.2) is 0 Å². The second-order valence-electron chi connectivity index (χ2n) is 5.29. The molecule has 1 aromatic rings. The monoisotopic (exact) mass is 298 g/mol. The van der Waals surface area contributed by atoms with Crippen LogP contribution in [-0.2, 0) is 11.3 Å². The van der Waals surface area contributed by atoms with E-state index in [1.165, 1.54) is 11.3 Å². The molecule has 1 aliphatic rings. The number of amides is 1. The van der Waals surface area contributed by atoms with Crippen LogP contribution in [0.25, 0.3) is 0 Å². The molecule has 0 spiro atoms. The smallest absolute Gasteiger partial charge is 0.307 e. The standard InChI is InChI=1S/C14H22N2O3S/c1-11-10-20-14(19)15(11)8-6-13(18)16-7-2-4-12(16)5-3-9-17/h10,12,17H,2-9H2,1H3. The molecule has 1 atom stereocenters. The Morgan fingerprint density at radius 2 is 2.35 bits per heavy atom. The number of hydrogen-bond donors (Lipinski definition) is 1. The fraction of sp³-hybridized carbons (Fsp3) is 0.714. The van der Waals surface area contributed by atoms with Crippen LogP contribution in [0.4, 0.5) is 0 Å². The molecule has 0 aromatic carbocycles. The van der Waals surface area contributed by atoms with Crippen molar-refractivity contribution < 1.29 is 9.90 Å². The molecule has 1 saturated heterocycles.